The van der Waals surface area contributed by atoms with Gasteiger partial charge in [-0.05, 0) is 41.0 Å². The third-order valence-electron chi connectivity index (χ3n) is 3.15. The molecule has 0 aromatic heterocycles. The van der Waals surface area contributed by atoms with Crippen LogP contribution in [0.25, 0.3) is 11.1 Å². The molecule has 0 heterocycles. The maximum Gasteiger partial charge on any atom is 0.119 e. The van der Waals surface area contributed by atoms with Gasteiger partial charge in [0.25, 0.3) is 0 Å². The zero-order valence-corrected chi connectivity index (χ0v) is 12.9. The quantitative estimate of drug-likeness (QED) is 0.874. The second kappa shape index (κ2) is 6.78. The molecule has 0 spiro atoms. The van der Waals surface area contributed by atoms with Crippen molar-refractivity contribution in [3.05, 3.63) is 53.1 Å². The Bertz CT molecular complexity index is 581. The van der Waals surface area contributed by atoms with Gasteiger partial charge in [-0.1, -0.05) is 43.6 Å². The normalized spacial score (nSPS) is 10.8. The summed E-state index contributed by atoms with van der Waals surface area (Å²) < 4.78 is 5.30. The van der Waals surface area contributed by atoms with Crippen molar-refractivity contribution >= 4 is 11.6 Å². The van der Waals surface area contributed by atoms with Crippen molar-refractivity contribution in [1.29, 1.82) is 0 Å². The van der Waals surface area contributed by atoms with Gasteiger partial charge >= 0.3 is 0 Å². The Morgan fingerprint density at radius 3 is 2.65 bits per heavy atom. The number of rotatable bonds is 5. The van der Waals surface area contributed by atoms with Crippen molar-refractivity contribution in [2.24, 2.45) is 0 Å². The van der Waals surface area contributed by atoms with Crippen LogP contribution >= 0.6 is 11.6 Å². The smallest absolute Gasteiger partial charge is 0.119 e. The number of nitrogens with one attached hydrogen (secondary N) is 1. The van der Waals surface area contributed by atoms with Crippen molar-refractivity contribution in [1.82, 2.24) is 5.32 Å². The van der Waals surface area contributed by atoms with Crippen LogP contribution < -0.4 is 10.1 Å². The van der Waals surface area contributed by atoms with Gasteiger partial charge < -0.3 is 10.1 Å². The van der Waals surface area contributed by atoms with E-state index in [0.29, 0.717) is 6.04 Å². The van der Waals surface area contributed by atoms with E-state index in [2.05, 4.69) is 31.3 Å². The zero-order chi connectivity index (χ0) is 14.5. The van der Waals surface area contributed by atoms with Crippen LogP contribution in [0.5, 0.6) is 5.75 Å². The minimum Gasteiger partial charge on any atom is -0.497 e. The number of methoxy groups -OCH3 is 1. The maximum atomic E-state index is 6.15. The molecule has 0 saturated heterocycles. The van der Waals surface area contributed by atoms with E-state index in [1.54, 1.807) is 7.11 Å². The standard InChI is InChI=1S/C17H20ClNO/c1-12(2)19-11-14-7-8-15(18)10-17(14)13-5-4-6-16(9-13)20-3/h4-10,12,19H,11H2,1-3H3. The van der Waals surface area contributed by atoms with Gasteiger partial charge in [-0.2, -0.15) is 0 Å². The minimum absolute atomic E-state index is 0.448. The highest BCUT2D eigenvalue weighted by atomic mass is 35.5. The molecule has 0 aliphatic carbocycles. The number of benzene rings is 2. The molecule has 2 aromatic carbocycles. The topological polar surface area (TPSA) is 21.3 Å². The molecule has 0 radical (unpaired) electrons. The van der Waals surface area contributed by atoms with E-state index in [9.17, 15) is 0 Å². The third kappa shape index (κ3) is 3.75. The van der Waals surface area contributed by atoms with Crippen molar-refractivity contribution < 1.29 is 4.74 Å². The molecular weight excluding hydrogens is 270 g/mol. The zero-order valence-electron chi connectivity index (χ0n) is 12.1. The van der Waals surface area contributed by atoms with Gasteiger partial charge in [0.05, 0.1) is 7.11 Å². The van der Waals surface area contributed by atoms with Crippen molar-refractivity contribution in [2.75, 3.05) is 7.11 Å². The van der Waals surface area contributed by atoms with Crippen LogP contribution in [0.2, 0.25) is 5.02 Å². The summed E-state index contributed by atoms with van der Waals surface area (Å²) in [4.78, 5) is 0. The molecule has 3 heteroatoms. The molecule has 0 fully saturated rings. The van der Waals surface area contributed by atoms with Crippen LogP contribution in [0.15, 0.2) is 42.5 Å². The predicted molar refractivity (Wildman–Crippen MR) is 85.4 cm³/mol. The molecule has 0 aliphatic heterocycles. The molecule has 0 amide bonds. The summed E-state index contributed by atoms with van der Waals surface area (Å²) >= 11 is 6.15. The van der Waals surface area contributed by atoms with E-state index in [1.165, 1.54) is 5.56 Å². The Morgan fingerprint density at radius 1 is 1.15 bits per heavy atom. The molecule has 1 N–H and O–H groups in total. The Hall–Kier alpha value is -1.51. The Labute approximate surface area is 125 Å². The number of hydrogen-bond donors (Lipinski definition) is 1. The molecule has 2 rings (SSSR count). The first-order valence-corrected chi connectivity index (χ1v) is 7.14. The fourth-order valence-corrected chi connectivity index (χ4v) is 2.25. The molecule has 0 unspecified atom stereocenters. The van der Waals surface area contributed by atoms with Crippen LogP contribution in [0, 0.1) is 0 Å². The first kappa shape index (κ1) is 14.9. The molecule has 20 heavy (non-hydrogen) atoms. The molecule has 0 bridgehead atoms. The fraction of sp³-hybridized carbons (Fsp3) is 0.294. The summed E-state index contributed by atoms with van der Waals surface area (Å²) in [6.45, 7) is 5.10. The fourth-order valence-electron chi connectivity index (χ4n) is 2.08. The summed E-state index contributed by atoms with van der Waals surface area (Å²) in [6, 6.07) is 14.5. The summed E-state index contributed by atoms with van der Waals surface area (Å²) in [5, 5.41) is 4.19. The lowest BCUT2D eigenvalue weighted by Crippen LogP contribution is -2.22. The first-order valence-electron chi connectivity index (χ1n) is 6.76. The van der Waals surface area contributed by atoms with Gasteiger partial charge in [-0.15, -0.1) is 0 Å². The van der Waals surface area contributed by atoms with Gasteiger partial charge in [-0.3, -0.25) is 0 Å². The average Bonchev–Trinajstić information content (AvgIpc) is 2.46. The van der Waals surface area contributed by atoms with Crippen LogP contribution in [-0.4, -0.2) is 13.2 Å². The van der Waals surface area contributed by atoms with E-state index in [0.717, 1.165) is 28.4 Å². The minimum atomic E-state index is 0.448. The van der Waals surface area contributed by atoms with Crippen LogP contribution in [0.1, 0.15) is 19.4 Å². The van der Waals surface area contributed by atoms with Crippen molar-refractivity contribution in [3.8, 4) is 16.9 Å². The average molecular weight is 290 g/mol. The summed E-state index contributed by atoms with van der Waals surface area (Å²) in [5.41, 5.74) is 3.49. The highest BCUT2D eigenvalue weighted by molar-refractivity contribution is 6.30. The van der Waals surface area contributed by atoms with E-state index in [-0.39, 0.29) is 0 Å². The SMILES string of the molecule is COc1cccc(-c2cc(Cl)ccc2CNC(C)C)c1. The molecule has 0 atom stereocenters. The Morgan fingerprint density at radius 2 is 1.95 bits per heavy atom. The van der Waals surface area contributed by atoms with E-state index in [1.807, 2.05) is 30.3 Å². The maximum absolute atomic E-state index is 6.15. The summed E-state index contributed by atoms with van der Waals surface area (Å²) in [5.74, 6) is 0.852. The summed E-state index contributed by atoms with van der Waals surface area (Å²) in [7, 11) is 1.68. The Balaban J connectivity index is 2.39. The summed E-state index contributed by atoms with van der Waals surface area (Å²) in [6.07, 6.45) is 0. The van der Waals surface area contributed by atoms with Gasteiger partial charge in [0.2, 0.25) is 0 Å². The van der Waals surface area contributed by atoms with E-state index < -0.39 is 0 Å². The predicted octanol–water partition coefficient (Wildman–Crippen LogP) is 4.51. The second-order valence-corrected chi connectivity index (χ2v) is 5.51. The van der Waals surface area contributed by atoms with E-state index in [4.69, 9.17) is 16.3 Å². The monoisotopic (exact) mass is 289 g/mol. The van der Waals surface area contributed by atoms with E-state index >= 15 is 0 Å². The van der Waals surface area contributed by atoms with Gasteiger partial charge in [0.15, 0.2) is 0 Å². The van der Waals surface area contributed by atoms with Gasteiger partial charge in [-0.25, -0.2) is 0 Å². The lowest BCUT2D eigenvalue weighted by atomic mass is 9.99. The number of ether oxygens (including phenoxy) is 1. The molecule has 0 saturated carbocycles. The second-order valence-electron chi connectivity index (χ2n) is 5.07. The highest BCUT2D eigenvalue weighted by Crippen LogP contribution is 2.29. The first-order chi connectivity index (χ1) is 9.60. The molecule has 106 valence electrons. The third-order valence-corrected chi connectivity index (χ3v) is 3.39. The van der Waals surface area contributed by atoms with Crippen LogP contribution in [0.4, 0.5) is 0 Å². The number of hydrogen-bond acceptors (Lipinski definition) is 2. The Kier molecular flexibility index (Phi) is 5.05. The number of halogens is 1. The van der Waals surface area contributed by atoms with Gasteiger partial charge in [0.1, 0.15) is 5.75 Å². The van der Waals surface area contributed by atoms with Crippen LogP contribution in [-0.2, 0) is 6.54 Å². The molecule has 2 aromatic rings. The van der Waals surface area contributed by atoms with Crippen LogP contribution in [0.3, 0.4) is 0 Å². The van der Waals surface area contributed by atoms with Crippen molar-refractivity contribution in [3.63, 3.8) is 0 Å². The lowest BCUT2D eigenvalue weighted by molar-refractivity contribution is 0.415. The lowest BCUT2D eigenvalue weighted by Gasteiger charge is -2.14. The molecule has 2 nitrogen and oxygen atoms in total. The molecule has 0 aliphatic rings. The highest BCUT2D eigenvalue weighted by Gasteiger charge is 2.07. The van der Waals surface area contributed by atoms with Crippen molar-refractivity contribution in [2.45, 2.75) is 26.4 Å². The molecular formula is C17H20ClNO. The van der Waals surface area contributed by atoms with Gasteiger partial charge in [0, 0.05) is 17.6 Å². The largest absolute Gasteiger partial charge is 0.497 e.